The first-order chi connectivity index (χ1) is 10.7. The predicted molar refractivity (Wildman–Crippen MR) is 81.2 cm³/mol. The van der Waals surface area contributed by atoms with Gasteiger partial charge in [0.25, 0.3) is 0 Å². The molecule has 2 aromatic heterocycles. The van der Waals surface area contributed by atoms with E-state index in [1.54, 1.807) is 18.5 Å². The Labute approximate surface area is 130 Å². The molecule has 0 amide bonds. The molecule has 3 rings (SSSR count). The van der Waals surface area contributed by atoms with Crippen molar-refractivity contribution in [3.63, 3.8) is 0 Å². The van der Waals surface area contributed by atoms with Crippen molar-refractivity contribution in [2.24, 2.45) is 0 Å². The molecule has 0 unspecified atom stereocenters. The summed E-state index contributed by atoms with van der Waals surface area (Å²) in [6, 6.07) is 10.8. The normalized spacial score (nSPS) is 10.6. The van der Waals surface area contributed by atoms with Gasteiger partial charge in [0.1, 0.15) is 16.7 Å². The van der Waals surface area contributed by atoms with Crippen LogP contribution >= 0.6 is 11.8 Å². The Balaban J connectivity index is 1.70. The van der Waals surface area contributed by atoms with Crippen LogP contribution in [0.5, 0.6) is 0 Å². The molecule has 3 aromatic rings. The third-order valence-electron chi connectivity index (χ3n) is 2.98. The minimum absolute atomic E-state index is 0.296. The Bertz CT molecular complexity index is 764. The molecule has 0 fully saturated rings. The zero-order valence-electron chi connectivity index (χ0n) is 11.4. The van der Waals surface area contributed by atoms with Crippen LogP contribution in [0.3, 0.4) is 0 Å². The Hall–Kier alpha value is -2.34. The van der Waals surface area contributed by atoms with Crippen molar-refractivity contribution in [3.8, 4) is 11.3 Å². The molecule has 0 N–H and O–H groups in total. The fourth-order valence-electron chi connectivity index (χ4n) is 1.87. The Morgan fingerprint density at radius 2 is 1.91 bits per heavy atom. The van der Waals surface area contributed by atoms with Crippen molar-refractivity contribution in [1.29, 1.82) is 0 Å². The van der Waals surface area contributed by atoms with Crippen molar-refractivity contribution in [3.05, 3.63) is 72.1 Å². The summed E-state index contributed by atoms with van der Waals surface area (Å²) in [6.45, 7) is 0. The molecule has 0 aliphatic carbocycles. The molecule has 22 heavy (non-hydrogen) atoms. The van der Waals surface area contributed by atoms with Crippen LogP contribution in [0.25, 0.3) is 11.3 Å². The van der Waals surface area contributed by atoms with E-state index in [0.29, 0.717) is 16.3 Å². The summed E-state index contributed by atoms with van der Waals surface area (Å²) < 4.78 is 26.6. The van der Waals surface area contributed by atoms with Gasteiger partial charge < -0.3 is 0 Å². The fraction of sp³-hybridized carbons (Fsp3) is 0.0625. The maximum Gasteiger partial charge on any atom is 0.127 e. The van der Waals surface area contributed by atoms with Gasteiger partial charge in [0, 0.05) is 29.3 Å². The van der Waals surface area contributed by atoms with Gasteiger partial charge in [0.15, 0.2) is 0 Å². The SMILES string of the molecule is Fc1ccc(F)c(CSc2ccc(-c3cccnc3)nn2)c1. The molecular weight excluding hydrogens is 304 g/mol. The van der Waals surface area contributed by atoms with Gasteiger partial charge in [-0.1, -0.05) is 11.8 Å². The second-order valence-corrected chi connectivity index (χ2v) is 5.52. The van der Waals surface area contributed by atoms with E-state index in [2.05, 4.69) is 15.2 Å². The summed E-state index contributed by atoms with van der Waals surface area (Å²) >= 11 is 1.30. The maximum absolute atomic E-state index is 13.5. The lowest BCUT2D eigenvalue weighted by molar-refractivity contribution is 0.591. The van der Waals surface area contributed by atoms with Gasteiger partial charge in [-0.05, 0) is 42.5 Å². The second kappa shape index (κ2) is 6.62. The largest absolute Gasteiger partial charge is 0.264 e. The van der Waals surface area contributed by atoms with Crippen LogP contribution in [0.15, 0.2) is 59.9 Å². The van der Waals surface area contributed by atoms with E-state index in [4.69, 9.17) is 0 Å². The van der Waals surface area contributed by atoms with Crippen LogP contribution in [0.2, 0.25) is 0 Å². The summed E-state index contributed by atoms with van der Waals surface area (Å²) in [5.74, 6) is -0.575. The van der Waals surface area contributed by atoms with E-state index < -0.39 is 11.6 Å². The zero-order chi connectivity index (χ0) is 15.4. The zero-order valence-corrected chi connectivity index (χ0v) is 12.2. The Kier molecular flexibility index (Phi) is 4.39. The molecule has 6 heteroatoms. The number of hydrogen-bond acceptors (Lipinski definition) is 4. The minimum atomic E-state index is -0.449. The molecule has 0 radical (unpaired) electrons. The molecule has 0 atom stereocenters. The summed E-state index contributed by atoms with van der Waals surface area (Å²) in [5, 5.41) is 8.86. The van der Waals surface area contributed by atoms with Crippen LogP contribution in [0, 0.1) is 11.6 Å². The summed E-state index contributed by atoms with van der Waals surface area (Å²) in [7, 11) is 0. The number of thioether (sulfide) groups is 1. The molecule has 0 saturated heterocycles. The van der Waals surface area contributed by atoms with Crippen LogP contribution in [0.4, 0.5) is 8.78 Å². The molecule has 0 bridgehead atoms. The highest BCUT2D eigenvalue weighted by Crippen LogP contribution is 2.24. The number of aromatic nitrogens is 3. The molecule has 3 nitrogen and oxygen atoms in total. The second-order valence-electron chi connectivity index (χ2n) is 4.52. The molecular formula is C16H11F2N3S. The predicted octanol–water partition coefficient (Wildman–Crippen LogP) is 4.11. The minimum Gasteiger partial charge on any atom is -0.264 e. The van der Waals surface area contributed by atoms with Gasteiger partial charge in [-0.25, -0.2) is 8.78 Å². The first-order valence-corrected chi connectivity index (χ1v) is 7.52. The van der Waals surface area contributed by atoms with Crippen LogP contribution in [0.1, 0.15) is 5.56 Å². The van der Waals surface area contributed by atoms with Gasteiger partial charge in [0.05, 0.1) is 5.69 Å². The van der Waals surface area contributed by atoms with Crippen LogP contribution < -0.4 is 0 Å². The van der Waals surface area contributed by atoms with Gasteiger partial charge >= 0.3 is 0 Å². The molecule has 0 aliphatic heterocycles. The first-order valence-electron chi connectivity index (χ1n) is 6.53. The van der Waals surface area contributed by atoms with E-state index in [9.17, 15) is 8.78 Å². The Morgan fingerprint density at radius 3 is 2.64 bits per heavy atom. The number of halogens is 2. The van der Waals surface area contributed by atoms with Gasteiger partial charge in [-0.3, -0.25) is 4.98 Å². The smallest absolute Gasteiger partial charge is 0.127 e. The van der Waals surface area contributed by atoms with Crippen molar-refractivity contribution < 1.29 is 8.78 Å². The molecule has 1 aromatic carbocycles. The van der Waals surface area contributed by atoms with Crippen molar-refractivity contribution >= 4 is 11.8 Å². The number of nitrogens with zero attached hydrogens (tertiary/aromatic N) is 3. The fourth-order valence-corrected chi connectivity index (χ4v) is 2.66. The monoisotopic (exact) mass is 315 g/mol. The molecule has 0 saturated carbocycles. The number of pyridine rings is 1. The average molecular weight is 315 g/mol. The third-order valence-corrected chi connectivity index (χ3v) is 3.95. The quantitative estimate of drug-likeness (QED) is 0.679. The topological polar surface area (TPSA) is 38.7 Å². The van der Waals surface area contributed by atoms with Crippen molar-refractivity contribution in [2.75, 3.05) is 0 Å². The van der Waals surface area contributed by atoms with Crippen LogP contribution in [-0.4, -0.2) is 15.2 Å². The third kappa shape index (κ3) is 3.46. The highest BCUT2D eigenvalue weighted by Gasteiger charge is 2.06. The van der Waals surface area contributed by atoms with E-state index in [-0.39, 0.29) is 0 Å². The van der Waals surface area contributed by atoms with Crippen molar-refractivity contribution in [1.82, 2.24) is 15.2 Å². The van der Waals surface area contributed by atoms with Crippen molar-refractivity contribution in [2.45, 2.75) is 10.8 Å². The highest BCUT2D eigenvalue weighted by atomic mass is 32.2. The summed E-state index contributed by atoms with van der Waals surface area (Å²) in [5.41, 5.74) is 1.90. The van der Waals surface area contributed by atoms with Gasteiger partial charge in [-0.2, -0.15) is 0 Å². The van der Waals surface area contributed by atoms with E-state index >= 15 is 0 Å². The number of rotatable bonds is 4. The lowest BCUT2D eigenvalue weighted by Gasteiger charge is -2.04. The molecule has 2 heterocycles. The maximum atomic E-state index is 13.5. The van der Waals surface area contributed by atoms with Gasteiger partial charge in [-0.15, -0.1) is 10.2 Å². The Morgan fingerprint density at radius 1 is 1.00 bits per heavy atom. The van der Waals surface area contributed by atoms with Gasteiger partial charge in [0.2, 0.25) is 0 Å². The van der Waals surface area contributed by atoms with E-state index in [0.717, 1.165) is 23.4 Å². The lowest BCUT2D eigenvalue weighted by Crippen LogP contribution is -1.92. The first kappa shape index (κ1) is 14.6. The van der Waals surface area contributed by atoms with E-state index in [1.165, 1.54) is 17.8 Å². The number of benzene rings is 1. The average Bonchev–Trinajstić information content (AvgIpc) is 2.57. The molecule has 110 valence electrons. The number of hydrogen-bond donors (Lipinski definition) is 0. The summed E-state index contributed by atoms with van der Waals surface area (Å²) in [6.07, 6.45) is 3.40. The summed E-state index contributed by atoms with van der Waals surface area (Å²) in [4.78, 5) is 4.03. The lowest BCUT2D eigenvalue weighted by atomic mass is 10.2. The molecule has 0 spiro atoms. The molecule has 0 aliphatic rings. The van der Waals surface area contributed by atoms with E-state index in [1.807, 2.05) is 18.2 Å². The standard InChI is InChI=1S/C16H11F2N3S/c17-13-3-4-14(18)12(8-13)10-22-16-6-5-15(20-21-16)11-2-1-7-19-9-11/h1-9H,10H2. The highest BCUT2D eigenvalue weighted by molar-refractivity contribution is 7.98. The van der Waals surface area contributed by atoms with Crippen LogP contribution in [-0.2, 0) is 5.75 Å².